The maximum atomic E-state index is 12.5. The summed E-state index contributed by atoms with van der Waals surface area (Å²) in [6, 6.07) is 5.30. The van der Waals surface area contributed by atoms with E-state index < -0.39 is 11.7 Å². The second-order valence-corrected chi connectivity index (χ2v) is 5.67. The molecule has 1 aromatic carbocycles. The summed E-state index contributed by atoms with van der Waals surface area (Å²) in [5.41, 5.74) is -0.0150. The molecule has 2 aromatic rings. The minimum absolute atomic E-state index is 0.341. The van der Waals surface area contributed by atoms with Crippen LogP contribution in [0.15, 0.2) is 24.3 Å². The van der Waals surface area contributed by atoms with Crippen molar-refractivity contribution in [3.05, 3.63) is 34.8 Å². The molecule has 0 aliphatic rings. The molecule has 1 heterocycles. The Hall–Kier alpha value is -1.47. The van der Waals surface area contributed by atoms with Crippen LogP contribution in [0, 0.1) is 0 Å². The molecule has 1 aromatic heterocycles. The summed E-state index contributed by atoms with van der Waals surface area (Å²) in [7, 11) is 0. The summed E-state index contributed by atoms with van der Waals surface area (Å²) < 4.78 is 37.4. The minimum atomic E-state index is -4.31. The first-order valence-corrected chi connectivity index (χ1v) is 6.91. The Balaban J connectivity index is 2.12. The molecule has 0 saturated heterocycles. The van der Waals surface area contributed by atoms with E-state index in [4.69, 9.17) is 0 Å². The van der Waals surface area contributed by atoms with Crippen molar-refractivity contribution >= 4 is 11.3 Å². The number of nitrogens with one attached hydrogen (secondary N) is 1. The smallest absolute Gasteiger partial charge is 0.308 e. The summed E-state index contributed by atoms with van der Waals surface area (Å²) in [5.74, 6) is 0. The highest BCUT2D eigenvalue weighted by atomic mass is 32.1. The van der Waals surface area contributed by atoms with Gasteiger partial charge in [-0.25, -0.2) is 0 Å². The Labute approximate surface area is 118 Å². The highest BCUT2D eigenvalue weighted by molar-refractivity contribution is 7.14. The average Bonchev–Trinajstić information content (AvgIpc) is 2.84. The van der Waals surface area contributed by atoms with E-state index >= 15 is 0 Å². The molecular weight excluding hydrogens is 287 g/mol. The number of hydrogen-bond acceptors (Lipinski definition) is 4. The Bertz CT molecular complexity index is 561. The fourth-order valence-corrected chi connectivity index (χ4v) is 2.33. The second-order valence-electron chi connectivity index (χ2n) is 4.61. The number of hydrogen-bond donors (Lipinski definition) is 1. The van der Waals surface area contributed by atoms with Gasteiger partial charge >= 0.3 is 6.18 Å². The van der Waals surface area contributed by atoms with Crippen LogP contribution in [0.4, 0.5) is 13.2 Å². The van der Waals surface area contributed by atoms with Crippen LogP contribution in [0.2, 0.25) is 0 Å². The summed E-state index contributed by atoms with van der Waals surface area (Å²) in [4.78, 5) is 0. The molecule has 0 aliphatic heterocycles. The zero-order valence-electron chi connectivity index (χ0n) is 11.0. The highest BCUT2D eigenvalue weighted by Crippen LogP contribution is 2.31. The van der Waals surface area contributed by atoms with E-state index in [9.17, 15) is 13.2 Å². The van der Waals surface area contributed by atoms with Crippen LogP contribution in [-0.4, -0.2) is 16.2 Å². The van der Waals surface area contributed by atoms with Gasteiger partial charge < -0.3 is 5.32 Å². The molecule has 0 unspecified atom stereocenters. The molecule has 0 aliphatic carbocycles. The molecule has 0 atom stereocenters. The van der Waals surface area contributed by atoms with Gasteiger partial charge in [-0.3, -0.25) is 0 Å². The van der Waals surface area contributed by atoms with Crippen LogP contribution in [0.1, 0.15) is 24.4 Å². The van der Waals surface area contributed by atoms with Gasteiger partial charge in [0.1, 0.15) is 10.0 Å². The predicted octanol–water partition coefficient (Wildman–Crippen LogP) is 3.72. The molecule has 0 radical (unpaired) electrons. The summed E-state index contributed by atoms with van der Waals surface area (Å²) in [5, 5.41) is 12.7. The maximum Gasteiger partial charge on any atom is 0.416 e. The molecule has 20 heavy (non-hydrogen) atoms. The van der Waals surface area contributed by atoms with Crippen molar-refractivity contribution < 1.29 is 13.2 Å². The Morgan fingerprint density at radius 1 is 1.15 bits per heavy atom. The zero-order chi connectivity index (χ0) is 14.8. The van der Waals surface area contributed by atoms with Crippen LogP contribution in [0.5, 0.6) is 0 Å². The van der Waals surface area contributed by atoms with E-state index in [1.54, 1.807) is 0 Å². The topological polar surface area (TPSA) is 37.8 Å². The molecule has 7 heteroatoms. The monoisotopic (exact) mass is 301 g/mol. The van der Waals surface area contributed by atoms with E-state index in [0.29, 0.717) is 23.2 Å². The molecule has 0 spiro atoms. The van der Waals surface area contributed by atoms with Crippen molar-refractivity contribution in [1.82, 2.24) is 15.5 Å². The van der Waals surface area contributed by atoms with Crippen molar-refractivity contribution in [2.45, 2.75) is 32.6 Å². The third-order valence-corrected chi connectivity index (χ3v) is 3.56. The molecule has 108 valence electrons. The van der Waals surface area contributed by atoms with Gasteiger partial charge in [-0.2, -0.15) is 13.2 Å². The fourth-order valence-electron chi connectivity index (χ4n) is 1.53. The van der Waals surface area contributed by atoms with Gasteiger partial charge in [0.15, 0.2) is 0 Å². The lowest BCUT2D eigenvalue weighted by Crippen LogP contribution is -2.21. The van der Waals surface area contributed by atoms with E-state index in [1.807, 2.05) is 13.8 Å². The number of rotatable bonds is 4. The molecule has 1 N–H and O–H groups in total. The minimum Gasteiger partial charge on any atom is -0.308 e. The number of nitrogens with zero attached hydrogens (tertiary/aromatic N) is 2. The second kappa shape index (κ2) is 5.88. The van der Waals surface area contributed by atoms with Crippen LogP contribution in [-0.2, 0) is 12.7 Å². The number of alkyl halides is 3. The summed E-state index contributed by atoms with van der Waals surface area (Å²) >= 11 is 1.38. The Morgan fingerprint density at radius 2 is 1.80 bits per heavy atom. The molecular formula is C13H14F3N3S. The fraction of sp³-hybridized carbons (Fsp3) is 0.385. The number of halogens is 3. The standard InChI is InChI=1S/C13H14F3N3S/c1-8(2)17-7-11-18-19-12(20-11)9-3-5-10(6-4-9)13(14,15)16/h3-6,8,17H,7H2,1-2H3. The third kappa shape index (κ3) is 3.77. The first kappa shape index (κ1) is 14.9. The van der Waals surface area contributed by atoms with E-state index in [0.717, 1.165) is 17.1 Å². The Kier molecular flexibility index (Phi) is 4.39. The van der Waals surface area contributed by atoms with E-state index in [1.165, 1.54) is 23.5 Å². The number of aromatic nitrogens is 2. The molecule has 0 amide bonds. The summed E-state index contributed by atoms with van der Waals surface area (Å²) in [6.07, 6.45) is -4.31. The molecule has 0 bridgehead atoms. The van der Waals surface area contributed by atoms with E-state index in [2.05, 4.69) is 15.5 Å². The normalized spacial score (nSPS) is 12.1. The first-order chi connectivity index (χ1) is 9.36. The lowest BCUT2D eigenvalue weighted by molar-refractivity contribution is -0.137. The third-order valence-electron chi connectivity index (χ3n) is 2.59. The van der Waals surface area contributed by atoms with Gasteiger partial charge in [0.2, 0.25) is 0 Å². The molecule has 2 rings (SSSR count). The highest BCUT2D eigenvalue weighted by Gasteiger charge is 2.30. The van der Waals surface area contributed by atoms with Crippen LogP contribution < -0.4 is 5.32 Å². The number of benzene rings is 1. The Morgan fingerprint density at radius 3 is 2.35 bits per heavy atom. The van der Waals surface area contributed by atoms with Crippen molar-refractivity contribution in [2.24, 2.45) is 0 Å². The van der Waals surface area contributed by atoms with Gasteiger partial charge in [0, 0.05) is 18.2 Å². The SMILES string of the molecule is CC(C)NCc1nnc(-c2ccc(C(F)(F)F)cc2)s1. The molecule has 0 saturated carbocycles. The van der Waals surface area contributed by atoms with Crippen molar-refractivity contribution in [3.63, 3.8) is 0 Å². The van der Waals surface area contributed by atoms with E-state index in [-0.39, 0.29) is 0 Å². The van der Waals surface area contributed by atoms with Gasteiger partial charge in [-0.15, -0.1) is 10.2 Å². The van der Waals surface area contributed by atoms with Crippen molar-refractivity contribution in [2.75, 3.05) is 0 Å². The predicted molar refractivity (Wildman–Crippen MR) is 72.3 cm³/mol. The van der Waals surface area contributed by atoms with Crippen molar-refractivity contribution in [3.8, 4) is 10.6 Å². The maximum absolute atomic E-state index is 12.5. The van der Waals surface area contributed by atoms with Gasteiger partial charge in [-0.1, -0.05) is 37.3 Å². The largest absolute Gasteiger partial charge is 0.416 e. The zero-order valence-corrected chi connectivity index (χ0v) is 11.8. The molecule has 0 fully saturated rings. The van der Waals surface area contributed by atoms with Gasteiger partial charge in [0.25, 0.3) is 0 Å². The van der Waals surface area contributed by atoms with Gasteiger partial charge in [0.05, 0.1) is 5.56 Å². The van der Waals surface area contributed by atoms with Gasteiger partial charge in [-0.05, 0) is 12.1 Å². The lowest BCUT2D eigenvalue weighted by atomic mass is 10.1. The first-order valence-electron chi connectivity index (χ1n) is 6.09. The quantitative estimate of drug-likeness (QED) is 0.935. The van der Waals surface area contributed by atoms with Crippen molar-refractivity contribution in [1.29, 1.82) is 0 Å². The van der Waals surface area contributed by atoms with Crippen LogP contribution in [0.3, 0.4) is 0 Å². The summed E-state index contributed by atoms with van der Waals surface area (Å²) in [6.45, 7) is 4.66. The lowest BCUT2D eigenvalue weighted by Gasteiger charge is -2.06. The van der Waals surface area contributed by atoms with Crippen LogP contribution in [0.25, 0.3) is 10.6 Å². The molecule has 3 nitrogen and oxygen atoms in total. The average molecular weight is 301 g/mol. The van der Waals surface area contributed by atoms with Crippen LogP contribution >= 0.6 is 11.3 Å².